The lowest BCUT2D eigenvalue weighted by Crippen LogP contribution is -2.65. The van der Waals surface area contributed by atoms with E-state index in [0.29, 0.717) is 22.4 Å². The number of ketones is 4. The van der Waals surface area contributed by atoms with Gasteiger partial charge >= 0.3 is 0 Å². The predicted octanol–water partition coefficient (Wildman–Crippen LogP) is 1.98. The van der Waals surface area contributed by atoms with E-state index in [0.717, 1.165) is 5.56 Å². The van der Waals surface area contributed by atoms with Crippen LogP contribution in [0.25, 0.3) is 5.76 Å². The molecule has 0 aromatic heterocycles. The quantitative estimate of drug-likeness (QED) is 0.197. The minimum atomic E-state index is -2.73. The number of hydrogen-bond donors (Lipinski definition) is 5. The Morgan fingerprint density at radius 3 is 2.21 bits per heavy atom. The van der Waals surface area contributed by atoms with Crippen molar-refractivity contribution in [2.75, 3.05) is 33.1 Å². The molecule has 0 heterocycles. The Labute approximate surface area is 271 Å². The molecule has 248 valence electrons. The number of Topliss-reactive ketones (excluding diaryl/α,β-unsaturated/α-hetero) is 4. The molecule has 4 atom stereocenters. The molecule has 3 aliphatic carbocycles. The van der Waals surface area contributed by atoms with Crippen LogP contribution < -0.4 is 10.6 Å². The van der Waals surface area contributed by atoms with Crippen molar-refractivity contribution in [3.63, 3.8) is 0 Å². The first-order valence-corrected chi connectivity index (χ1v) is 15.3. The van der Waals surface area contributed by atoms with Gasteiger partial charge in [0, 0.05) is 49.7 Å². The van der Waals surface area contributed by atoms with Crippen molar-refractivity contribution in [3.8, 4) is 5.75 Å². The molecule has 12 nitrogen and oxygen atoms in total. The fourth-order valence-electron chi connectivity index (χ4n) is 7.38. The molecule has 6 N–H and O–H groups in total. The molecule has 5 rings (SSSR count). The Morgan fingerprint density at radius 2 is 1.66 bits per heavy atom. The Bertz CT molecular complexity index is 1790. The topological polar surface area (TPSA) is 199 Å². The number of carbonyl (C=O) groups excluding carboxylic acids is 5. The fraction of sp³-hybridized carbons (Fsp3) is 0.400. The number of carbonyl (C=O) groups is 5. The largest absolute Gasteiger partial charge is 0.508 e. The molecule has 47 heavy (non-hydrogen) atoms. The summed E-state index contributed by atoms with van der Waals surface area (Å²) >= 11 is 0. The molecule has 1 amide bonds. The number of likely N-dealkylation sites (N-methyl/N-ethyl adjacent to an activating group) is 1. The molecule has 0 unspecified atom stereocenters. The number of aliphatic hydroxyl groups excluding tert-OH is 2. The van der Waals surface area contributed by atoms with Gasteiger partial charge in [0.15, 0.2) is 17.2 Å². The maximum absolute atomic E-state index is 14.2. The highest BCUT2D eigenvalue weighted by atomic mass is 16.3. The van der Waals surface area contributed by atoms with Gasteiger partial charge in [0.1, 0.15) is 28.6 Å². The van der Waals surface area contributed by atoms with Crippen LogP contribution >= 0.6 is 0 Å². The molecule has 1 fully saturated rings. The smallest absolute Gasteiger partial charge is 0.255 e. The van der Waals surface area contributed by atoms with Crippen molar-refractivity contribution in [1.82, 2.24) is 4.90 Å². The van der Waals surface area contributed by atoms with Crippen LogP contribution in [0.2, 0.25) is 0 Å². The number of aliphatic hydroxyl groups is 3. The third-order valence-corrected chi connectivity index (χ3v) is 9.69. The van der Waals surface area contributed by atoms with Gasteiger partial charge in [0.25, 0.3) is 5.91 Å². The van der Waals surface area contributed by atoms with Crippen molar-refractivity contribution in [2.24, 2.45) is 17.6 Å². The number of nitrogens with two attached hydrogens (primary N) is 1. The number of benzene rings is 2. The van der Waals surface area contributed by atoms with Gasteiger partial charge in [0.05, 0.1) is 11.6 Å². The average Bonchev–Trinajstić information content (AvgIpc) is 2.98. The number of phenolic OH excluding ortho intramolecular Hbond substituents is 1. The minimum absolute atomic E-state index is 0.0109. The van der Waals surface area contributed by atoms with E-state index in [2.05, 4.69) is 0 Å². The van der Waals surface area contributed by atoms with Crippen molar-refractivity contribution in [3.05, 3.63) is 75.1 Å². The standard InChI is InChI=1S/C35H39N3O9/c1-16(39)18-8-6-17(7-9-18)12-21(40)11-10-19-15-24(37(2)3)22-13-20-14-23-28(38(4)5)31(43)27(34(36)46)33(45)35(23,47)32(44)25(20)30(42)26(22)29(19)41/h6-9,15,20,23,28,41-42,45,47H,10-14H2,1-5H3,(H2,36,46)/t20-,23-,28-,35-/m0/s1. The summed E-state index contributed by atoms with van der Waals surface area (Å²) in [6, 6.07) is 7.34. The van der Waals surface area contributed by atoms with E-state index in [1.807, 2.05) is 0 Å². The second kappa shape index (κ2) is 12.1. The van der Waals surface area contributed by atoms with E-state index in [4.69, 9.17) is 5.73 Å². The number of amides is 1. The number of hydrogen-bond acceptors (Lipinski definition) is 11. The summed E-state index contributed by atoms with van der Waals surface area (Å²) in [6.45, 7) is 1.46. The maximum Gasteiger partial charge on any atom is 0.255 e. The number of fused-ring (bicyclic) bond motifs is 3. The summed E-state index contributed by atoms with van der Waals surface area (Å²) in [5.74, 6) is -7.29. The predicted molar refractivity (Wildman–Crippen MR) is 172 cm³/mol. The first kappa shape index (κ1) is 33.6. The van der Waals surface area contributed by atoms with Crippen LogP contribution in [-0.4, -0.2) is 94.2 Å². The molecular weight excluding hydrogens is 606 g/mol. The van der Waals surface area contributed by atoms with Crippen LogP contribution in [-0.2, 0) is 38.4 Å². The van der Waals surface area contributed by atoms with E-state index in [1.54, 1.807) is 63.4 Å². The molecular formula is C35H39N3O9. The fourth-order valence-corrected chi connectivity index (χ4v) is 7.38. The van der Waals surface area contributed by atoms with E-state index >= 15 is 0 Å². The third kappa shape index (κ3) is 5.40. The van der Waals surface area contributed by atoms with Crippen LogP contribution in [0, 0.1) is 11.8 Å². The van der Waals surface area contributed by atoms with Gasteiger partial charge in [-0.05, 0) is 69.0 Å². The van der Waals surface area contributed by atoms with Crippen molar-refractivity contribution in [1.29, 1.82) is 0 Å². The average molecular weight is 646 g/mol. The molecule has 0 saturated heterocycles. The zero-order chi connectivity index (χ0) is 34.7. The monoisotopic (exact) mass is 645 g/mol. The summed E-state index contributed by atoms with van der Waals surface area (Å²) in [6.07, 6.45) is 0.446. The van der Waals surface area contributed by atoms with Crippen LogP contribution in [0.1, 0.15) is 52.4 Å². The van der Waals surface area contributed by atoms with Gasteiger partial charge in [-0.15, -0.1) is 0 Å². The molecule has 0 spiro atoms. The first-order valence-electron chi connectivity index (χ1n) is 15.3. The normalized spacial score (nSPS) is 23.8. The van der Waals surface area contributed by atoms with Gasteiger partial charge in [-0.3, -0.25) is 28.9 Å². The molecule has 3 aliphatic rings. The zero-order valence-electron chi connectivity index (χ0n) is 27.0. The molecule has 2 aromatic carbocycles. The second-order valence-electron chi connectivity index (χ2n) is 13.1. The van der Waals surface area contributed by atoms with E-state index < -0.39 is 58.0 Å². The number of rotatable bonds is 9. The lowest BCUT2D eigenvalue weighted by molar-refractivity contribution is -0.153. The van der Waals surface area contributed by atoms with E-state index in [9.17, 15) is 44.4 Å². The molecule has 0 aliphatic heterocycles. The lowest BCUT2D eigenvalue weighted by Gasteiger charge is -2.50. The van der Waals surface area contributed by atoms with Crippen molar-refractivity contribution in [2.45, 2.75) is 50.7 Å². The van der Waals surface area contributed by atoms with Crippen LogP contribution in [0.4, 0.5) is 5.69 Å². The summed E-state index contributed by atoms with van der Waals surface area (Å²) < 4.78 is 0. The van der Waals surface area contributed by atoms with Gasteiger partial charge in [-0.25, -0.2) is 0 Å². The van der Waals surface area contributed by atoms with Gasteiger partial charge in [0.2, 0.25) is 5.78 Å². The zero-order valence-corrected chi connectivity index (χ0v) is 27.0. The molecule has 1 saturated carbocycles. The van der Waals surface area contributed by atoms with Crippen LogP contribution in [0.5, 0.6) is 5.75 Å². The molecule has 0 radical (unpaired) electrons. The highest BCUT2D eigenvalue weighted by Crippen LogP contribution is 2.54. The Balaban J connectivity index is 1.54. The van der Waals surface area contributed by atoms with E-state index in [-0.39, 0.29) is 60.6 Å². The Morgan fingerprint density at radius 1 is 1.02 bits per heavy atom. The van der Waals surface area contributed by atoms with Gasteiger partial charge in [-0.1, -0.05) is 24.3 Å². The number of aryl methyl sites for hydroxylation is 1. The highest BCUT2D eigenvalue weighted by Gasteiger charge is 2.64. The van der Waals surface area contributed by atoms with Gasteiger partial charge in [-0.2, -0.15) is 0 Å². The number of anilines is 1. The molecule has 0 bridgehead atoms. The van der Waals surface area contributed by atoms with Crippen LogP contribution in [0.15, 0.2) is 47.2 Å². The van der Waals surface area contributed by atoms with Crippen LogP contribution in [0.3, 0.4) is 0 Å². The summed E-state index contributed by atoms with van der Waals surface area (Å²) in [5.41, 5.74) is 4.36. The van der Waals surface area contributed by atoms with Gasteiger partial charge < -0.3 is 31.1 Å². The minimum Gasteiger partial charge on any atom is -0.508 e. The Kier molecular flexibility index (Phi) is 8.63. The summed E-state index contributed by atoms with van der Waals surface area (Å²) in [7, 11) is 6.66. The number of phenols is 1. The SMILES string of the molecule is CC(=O)c1ccc(CC(=O)CCc2cc(N(C)C)c3c(c2O)C(O)=C2C(=O)[C@]4(O)C(O)=C(C(N)=O)C(=O)[C@@H](N(C)C)[C@@H]4C[C@@H]2C3)cc1. The Hall–Kier alpha value is -4.81. The summed E-state index contributed by atoms with van der Waals surface area (Å²) in [4.78, 5) is 67.4. The van der Waals surface area contributed by atoms with E-state index in [1.165, 1.54) is 11.8 Å². The molecule has 12 heteroatoms. The highest BCUT2D eigenvalue weighted by molar-refractivity contribution is 6.24. The second-order valence-corrected chi connectivity index (χ2v) is 13.1. The third-order valence-electron chi connectivity index (χ3n) is 9.69. The number of aromatic hydroxyl groups is 1. The number of primary amides is 1. The summed E-state index contributed by atoms with van der Waals surface area (Å²) in [5, 5.41) is 46.1. The number of nitrogens with zero attached hydrogens (tertiary/aromatic N) is 2. The first-order chi connectivity index (χ1) is 22.0. The van der Waals surface area contributed by atoms with Crippen molar-refractivity contribution < 1.29 is 44.4 Å². The van der Waals surface area contributed by atoms with Crippen molar-refractivity contribution >= 4 is 40.5 Å². The lowest BCUT2D eigenvalue weighted by atomic mass is 9.57. The maximum atomic E-state index is 14.2. The molecule has 2 aromatic rings.